The number of hydrogen-bond acceptors (Lipinski definition) is 8. The summed E-state index contributed by atoms with van der Waals surface area (Å²) in [6.45, 7) is 0. The van der Waals surface area contributed by atoms with Crippen LogP contribution >= 0.6 is 0 Å². The molecule has 0 aliphatic carbocycles. The average Bonchev–Trinajstić information content (AvgIpc) is 2.57. The number of nitro benzene ring substituents is 2. The van der Waals surface area contributed by atoms with E-state index in [1.165, 1.54) is 36.5 Å². The van der Waals surface area contributed by atoms with Gasteiger partial charge in [-0.25, -0.2) is 0 Å². The smallest absolute Gasteiger partial charge is 0.271 e. The lowest BCUT2D eigenvalue weighted by atomic mass is 10.2. The van der Waals surface area contributed by atoms with Crippen LogP contribution in [-0.4, -0.2) is 19.8 Å². The first-order chi connectivity index (χ1) is 11.4. The zero-order chi connectivity index (χ0) is 17.7. The van der Waals surface area contributed by atoms with Crippen LogP contribution in [0.1, 0.15) is 0 Å². The fourth-order valence-electron chi connectivity index (χ4n) is 1.74. The standard InChI is InChI=1S/C8H5N3O2.C6H7N3O2/c12-11(13)6-1-2-7-8(5-6)10-4-3-9-7;7-5-2-1-4(9(10)11)3-6(5)8/h1-5H;1-3H,7-8H2. The van der Waals surface area contributed by atoms with Crippen LogP contribution in [-0.2, 0) is 0 Å². The van der Waals surface area contributed by atoms with Crippen LogP contribution in [0.5, 0.6) is 0 Å². The predicted molar refractivity (Wildman–Crippen MR) is 88.1 cm³/mol. The van der Waals surface area contributed by atoms with Gasteiger partial charge in [0.25, 0.3) is 11.4 Å². The van der Waals surface area contributed by atoms with Crippen molar-refractivity contribution in [1.82, 2.24) is 9.97 Å². The molecule has 0 atom stereocenters. The molecule has 1 heterocycles. The minimum absolute atomic E-state index is 0.0352. The quantitative estimate of drug-likeness (QED) is 0.411. The molecule has 10 nitrogen and oxygen atoms in total. The number of non-ortho nitro benzene ring substituents is 2. The number of nitrogen functional groups attached to an aromatic ring is 2. The third-order valence-electron chi connectivity index (χ3n) is 2.94. The van der Waals surface area contributed by atoms with E-state index in [1.807, 2.05) is 0 Å². The fourth-order valence-corrected chi connectivity index (χ4v) is 1.74. The Bertz CT molecular complexity index is 915. The Morgan fingerprint density at radius 2 is 1.29 bits per heavy atom. The molecule has 122 valence electrons. The Kier molecular flexibility index (Phi) is 4.80. The molecule has 0 radical (unpaired) electrons. The molecule has 0 aliphatic rings. The van der Waals surface area contributed by atoms with Crippen molar-refractivity contribution in [3.8, 4) is 0 Å². The molecule has 3 rings (SSSR count). The monoisotopic (exact) mass is 328 g/mol. The van der Waals surface area contributed by atoms with Gasteiger partial charge in [-0.3, -0.25) is 30.2 Å². The number of nitrogens with two attached hydrogens (primary N) is 2. The van der Waals surface area contributed by atoms with Crippen molar-refractivity contribution in [1.29, 1.82) is 0 Å². The van der Waals surface area contributed by atoms with Crippen LogP contribution in [0, 0.1) is 20.2 Å². The third-order valence-corrected chi connectivity index (χ3v) is 2.94. The highest BCUT2D eigenvalue weighted by Gasteiger charge is 2.06. The number of nitrogens with zero attached hydrogens (tertiary/aromatic N) is 4. The molecule has 2 aromatic carbocycles. The summed E-state index contributed by atoms with van der Waals surface area (Å²) in [6, 6.07) is 8.36. The Balaban J connectivity index is 0.000000177. The van der Waals surface area contributed by atoms with Crippen molar-refractivity contribution in [3.63, 3.8) is 0 Å². The number of anilines is 2. The number of aromatic nitrogens is 2. The zero-order valence-electron chi connectivity index (χ0n) is 12.2. The first kappa shape index (κ1) is 16.5. The Morgan fingerprint density at radius 1 is 0.750 bits per heavy atom. The van der Waals surface area contributed by atoms with Crippen LogP contribution in [0.2, 0.25) is 0 Å². The highest BCUT2D eigenvalue weighted by molar-refractivity contribution is 5.76. The van der Waals surface area contributed by atoms with Gasteiger partial charge in [-0.15, -0.1) is 0 Å². The summed E-state index contributed by atoms with van der Waals surface area (Å²) in [4.78, 5) is 27.6. The van der Waals surface area contributed by atoms with Crippen LogP contribution in [0.3, 0.4) is 0 Å². The lowest BCUT2D eigenvalue weighted by Gasteiger charge is -1.97. The van der Waals surface area contributed by atoms with Crippen LogP contribution < -0.4 is 11.5 Å². The van der Waals surface area contributed by atoms with Crippen LogP contribution in [0.4, 0.5) is 22.7 Å². The Hall–Kier alpha value is -3.82. The molecular weight excluding hydrogens is 316 g/mol. The number of rotatable bonds is 2. The number of benzene rings is 2. The van der Waals surface area contributed by atoms with Crippen molar-refractivity contribution >= 4 is 33.8 Å². The average molecular weight is 328 g/mol. The maximum atomic E-state index is 10.4. The summed E-state index contributed by atoms with van der Waals surface area (Å²) in [5.41, 5.74) is 12.5. The van der Waals surface area contributed by atoms with Gasteiger partial charge < -0.3 is 11.5 Å². The van der Waals surface area contributed by atoms with Crippen molar-refractivity contribution in [3.05, 3.63) is 69.0 Å². The molecule has 4 N–H and O–H groups in total. The van der Waals surface area contributed by atoms with Crippen LogP contribution in [0.25, 0.3) is 11.0 Å². The summed E-state index contributed by atoms with van der Waals surface area (Å²) in [5.74, 6) is 0. The summed E-state index contributed by atoms with van der Waals surface area (Å²) in [6.07, 6.45) is 3.06. The van der Waals surface area contributed by atoms with E-state index in [4.69, 9.17) is 11.5 Å². The van der Waals surface area contributed by atoms with Crippen molar-refractivity contribution in [2.75, 3.05) is 11.5 Å². The molecule has 0 spiro atoms. The number of nitro groups is 2. The zero-order valence-corrected chi connectivity index (χ0v) is 12.2. The van der Waals surface area contributed by atoms with E-state index in [-0.39, 0.29) is 17.1 Å². The maximum Gasteiger partial charge on any atom is 0.271 e. The molecule has 0 aliphatic heterocycles. The summed E-state index contributed by atoms with van der Waals surface area (Å²) < 4.78 is 0. The van der Waals surface area contributed by atoms with Gasteiger partial charge in [-0.2, -0.15) is 0 Å². The van der Waals surface area contributed by atoms with Gasteiger partial charge in [0.1, 0.15) is 0 Å². The summed E-state index contributed by atoms with van der Waals surface area (Å²) >= 11 is 0. The molecule has 0 bridgehead atoms. The maximum absolute atomic E-state index is 10.4. The van der Waals surface area contributed by atoms with Gasteiger partial charge in [0.05, 0.1) is 32.3 Å². The Morgan fingerprint density at radius 3 is 1.88 bits per heavy atom. The van der Waals surface area contributed by atoms with E-state index in [9.17, 15) is 20.2 Å². The first-order valence-electron chi connectivity index (χ1n) is 6.53. The van der Waals surface area contributed by atoms with E-state index >= 15 is 0 Å². The molecule has 1 aromatic heterocycles. The molecular formula is C14H12N6O4. The minimum Gasteiger partial charge on any atom is -0.397 e. The molecule has 10 heteroatoms. The second-order valence-electron chi connectivity index (χ2n) is 4.56. The van der Waals surface area contributed by atoms with Crippen molar-refractivity contribution < 1.29 is 9.85 Å². The molecule has 24 heavy (non-hydrogen) atoms. The lowest BCUT2D eigenvalue weighted by Crippen LogP contribution is -1.96. The van der Waals surface area contributed by atoms with E-state index in [0.717, 1.165) is 0 Å². The van der Waals surface area contributed by atoms with E-state index in [2.05, 4.69) is 9.97 Å². The molecule has 0 amide bonds. The fraction of sp³-hybridized carbons (Fsp3) is 0. The highest BCUT2D eigenvalue weighted by Crippen LogP contribution is 2.20. The number of hydrogen-bond donors (Lipinski definition) is 2. The third kappa shape index (κ3) is 3.88. The molecule has 0 saturated heterocycles. The molecule has 0 unspecified atom stereocenters. The lowest BCUT2D eigenvalue weighted by molar-refractivity contribution is -0.384. The van der Waals surface area contributed by atoms with Gasteiger partial charge in [0.15, 0.2) is 0 Å². The summed E-state index contributed by atoms with van der Waals surface area (Å²) in [5, 5.41) is 20.6. The molecule has 0 saturated carbocycles. The van der Waals surface area contributed by atoms with Gasteiger partial charge in [0.2, 0.25) is 0 Å². The van der Waals surface area contributed by atoms with E-state index < -0.39 is 9.85 Å². The SMILES string of the molecule is Nc1ccc([N+](=O)[O-])cc1N.O=[N+]([O-])c1ccc2nccnc2c1. The van der Waals surface area contributed by atoms with Gasteiger partial charge in [-0.05, 0) is 12.1 Å². The second-order valence-corrected chi connectivity index (χ2v) is 4.56. The van der Waals surface area contributed by atoms with E-state index in [1.54, 1.807) is 12.3 Å². The highest BCUT2D eigenvalue weighted by atomic mass is 16.6. The first-order valence-corrected chi connectivity index (χ1v) is 6.53. The van der Waals surface area contributed by atoms with Crippen molar-refractivity contribution in [2.24, 2.45) is 0 Å². The summed E-state index contributed by atoms with van der Waals surface area (Å²) in [7, 11) is 0. The van der Waals surface area contributed by atoms with Gasteiger partial charge in [-0.1, -0.05) is 0 Å². The van der Waals surface area contributed by atoms with Gasteiger partial charge >= 0.3 is 0 Å². The Labute approximate surface area is 135 Å². The van der Waals surface area contributed by atoms with Crippen molar-refractivity contribution in [2.45, 2.75) is 0 Å². The molecule has 3 aromatic rings. The van der Waals surface area contributed by atoms with Gasteiger partial charge in [0, 0.05) is 36.7 Å². The molecule has 0 fully saturated rings. The van der Waals surface area contributed by atoms with E-state index in [0.29, 0.717) is 16.7 Å². The minimum atomic E-state index is -0.518. The predicted octanol–water partition coefficient (Wildman–Crippen LogP) is 2.30. The second kappa shape index (κ2) is 6.96. The number of fused-ring (bicyclic) bond motifs is 1. The normalized spacial score (nSPS) is 9.83. The topological polar surface area (TPSA) is 164 Å². The largest absolute Gasteiger partial charge is 0.397 e. The van der Waals surface area contributed by atoms with Crippen LogP contribution in [0.15, 0.2) is 48.8 Å².